The number of nitrogens with zero attached hydrogens (tertiary/aromatic N) is 3. The van der Waals surface area contributed by atoms with Crippen molar-refractivity contribution in [1.82, 2.24) is 4.90 Å². The highest BCUT2D eigenvalue weighted by Gasteiger charge is 2.76. The maximum absolute atomic E-state index is 13.7. The van der Waals surface area contributed by atoms with Crippen LogP contribution in [0, 0.1) is 22.0 Å². The molecule has 3 aliphatic heterocycles. The molecule has 9 heteroatoms. The van der Waals surface area contributed by atoms with Crippen LogP contribution in [-0.2, 0) is 9.59 Å². The van der Waals surface area contributed by atoms with Gasteiger partial charge < -0.3 is 0 Å². The monoisotopic (exact) mass is 431 g/mol. The molecule has 6 rings (SSSR count). The molecule has 0 unspecified atom stereocenters. The van der Waals surface area contributed by atoms with E-state index in [2.05, 4.69) is 0 Å². The number of imide groups is 1. The summed E-state index contributed by atoms with van der Waals surface area (Å²) in [5.74, 6) is -3.80. The minimum Gasteiger partial charge on any atom is -0.291 e. The Hall–Kier alpha value is -3.72. The lowest BCUT2D eigenvalue weighted by molar-refractivity contribution is -0.384. The lowest BCUT2D eigenvalue weighted by Crippen LogP contribution is -2.59. The van der Waals surface area contributed by atoms with Crippen molar-refractivity contribution in [3.63, 3.8) is 0 Å². The zero-order valence-corrected chi connectivity index (χ0v) is 16.8. The van der Waals surface area contributed by atoms with Gasteiger partial charge in [0.2, 0.25) is 11.8 Å². The second-order valence-corrected chi connectivity index (χ2v) is 8.66. The van der Waals surface area contributed by atoms with Gasteiger partial charge in [0, 0.05) is 29.3 Å². The molecule has 4 aliphatic rings. The SMILES string of the molecule is O=C1[C@H]2[C@H]3CCCN3C3(C(=O)c4ccccc4C3=O)[C@@H]2C(=O)N1c1ccc([N+](=O)[O-])cc1. The molecule has 0 aromatic heterocycles. The van der Waals surface area contributed by atoms with Crippen molar-refractivity contribution >= 4 is 34.8 Å². The first kappa shape index (κ1) is 19.0. The largest absolute Gasteiger partial charge is 0.291 e. The predicted octanol–water partition coefficient (Wildman–Crippen LogP) is 2.00. The van der Waals surface area contributed by atoms with E-state index in [1.54, 1.807) is 29.2 Å². The van der Waals surface area contributed by atoms with Crippen molar-refractivity contribution < 1.29 is 24.1 Å². The van der Waals surface area contributed by atoms with Crippen molar-refractivity contribution in [3.05, 3.63) is 69.8 Å². The predicted molar refractivity (Wildman–Crippen MR) is 110 cm³/mol. The first-order valence-electron chi connectivity index (χ1n) is 10.5. The molecule has 2 aromatic carbocycles. The minimum absolute atomic E-state index is 0.164. The van der Waals surface area contributed by atoms with Gasteiger partial charge >= 0.3 is 0 Å². The molecule has 3 fully saturated rings. The summed E-state index contributed by atoms with van der Waals surface area (Å²) in [6.07, 6.45) is 1.35. The van der Waals surface area contributed by atoms with Gasteiger partial charge in [-0.1, -0.05) is 24.3 Å². The second kappa shape index (κ2) is 6.17. The molecule has 0 radical (unpaired) electrons. The van der Waals surface area contributed by atoms with Gasteiger partial charge in [-0.15, -0.1) is 0 Å². The maximum Gasteiger partial charge on any atom is 0.269 e. The van der Waals surface area contributed by atoms with Crippen molar-refractivity contribution in [2.45, 2.75) is 24.4 Å². The van der Waals surface area contributed by atoms with Crippen LogP contribution in [0.1, 0.15) is 33.6 Å². The summed E-state index contributed by atoms with van der Waals surface area (Å²) < 4.78 is 0. The van der Waals surface area contributed by atoms with Crippen LogP contribution in [0.15, 0.2) is 48.5 Å². The van der Waals surface area contributed by atoms with E-state index in [9.17, 15) is 29.3 Å². The highest BCUT2D eigenvalue weighted by molar-refractivity contribution is 6.37. The Morgan fingerprint density at radius 1 is 0.906 bits per heavy atom. The van der Waals surface area contributed by atoms with Gasteiger partial charge in [0.05, 0.1) is 22.4 Å². The number of carbonyl (C=O) groups is 4. The Bertz CT molecular complexity index is 1220. The standard InChI is InChI=1S/C23H17N3O6/c27-19-14-4-1-2-5-15(14)20(28)23(19)18-17(16-6-3-11-24(16)23)21(29)25(22(18)30)12-7-9-13(10-8-12)26(31)32/h1-2,4-5,7-10,16-18H,3,6,11H2/t16-,17+,18+/m1/s1. The Morgan fingerprint density at radius 2 is 1.53 bits per heavy atom. The van der Waals surface area contributed by atoms with Crippen LogP contribution < -0.4 is 4.90 Å². The molecule has 2 aromatic rings. The first-order chi connectivity index (χ1) is 15.4. The summed E-state index contributed by atoms with van der Waals surface area (Å²) >= 11 is 0. The summed E-state index contributed by atoms with van der Waals surface area (Å²) in [6.45, 7) is 0.473. The van der Waals surface area contributed by atoms with Crippen LogP contribution in [0.4, 0.5) is 11.4 Å². The van der Waals surface area contributed by atoms with E-state index in [-0.39, 0.29) is 28.5 Å². The minimum atomic E-state index is -1.70. The fourth-order valence-corrected chi connectivity index (χ4v) is 6.21. The summed E-state index contributed by atoms with van der Waals surface area (Å²) in [7, 11) is 0. The van der Waals surface area contributed by atoms with Crippen LogP contribution >= 0.6 is 0 Å². The number of nitro benzene ring substituents is 1. The number of hydrogen-bond acceptors (Lipinski definition) is 7. The number of benzene rings is 2. The van der Waals surface area contributed by atoms with Gasteiger partial charge in [-0.2, -0.15) is 0 Å². The van der Waals surface area contributed by atoms with Gasteiger partial charge in [-0.25, -0.2) is 4.90 Å². The summed E-state index contributed by atoms with van der Waals surface area (Å²) in [6, 6.07) is 11.3. The van der Waals surface area contributed by atoms with Crippen LogP contribution in [0.25, 0.3) is 0 Å². The maximum atomic E-state index is 13.7. The van der Waals surface area contributed by atoms with Crippen molar-refractivity contribution in [1.29, 1.82) is 0 Å². The molecule has 0 saturated carbocycles. The van der Waals surface area contributed by atoms with Crippen molar-refractivity contribution in [2.24, 2.45) is 11.8 Å². The van der Waals surface area contributed by atoms with E-state index in [1.807, 2.05) is 0 Å². The molecular weight excluding hydrogens is 414 g/mol. The van der Waals surface area contributed by atoms with Crippen LogP contribution in [0.5, 0.6) is 0 Å². The van der Waals surface area contributed by atoms with Gasteiger partial charge in [0.25, 0.3) is 5.69 Å². The molecule has 1 spiro atoms. The molecule has 160 valence electrons. The van der Waals surface area contributed by atoms with E-state index in [0.29, 0.717) is 13.0 Å². The lowest BCUT2D eigenvalue weighted by atomic mass is 9.76. The lowest BCUT2D eigenvalue weighted by Gasteiger charge is -2.35. The molecule has 0 N–H and O–H groups in total. The highest BCUT2D eigenvalue weighted by Crippen LogP contribution is 2.57. The van der Waals surface area contributed by atoms with Crippen molar-refractivity contribution in [3.8, 4) is 0 Å². The van der Waals surface area contributed by atoms with Gasteiger partial charge in [0.1, 0.15) is 0 Å². The number of non-ortho nitro benzene ring substituents is 1. The van der Waals surface area contributed by atoms with E-state index >= 15 is 0 Å². The molecule has 3 saturated heterocycles. The molecule has 3 atom stereocenters. The Morgan fingerprint density at radius 3 is 2.12 bits per heavy atom. The third-order valence-corrected chi connectivity index (χ3v) is 7.40. The normalized spacial score (nSPS) is 27.9. The summed E-state index contributed by atoms with van der Waals surface area (Å²) in [5.41, 5.74) is -1.08. The summed E-state index contributed by atoms with van der Waals surface area (Å²) in [4.78, 5) is 67.8. The molecule has 9 nitrogen and oxygen atoms in total. The third kappa shape index (κ3) is 2.02. The molecule has 32 heavy (non-hydrogen) atoms. The van der Waals surface area contributed by atoms with Crippen molar-refractivity contribution in [2.75, 3.05) is 11.4 Å². The number of ketones is 2. The van der Waals surface area contributed by atoms with E-state index < -0.39 is 45.7 Å². The number of fused-ring (bicyclic) bond motifs is 6. The average Bonchev–Trinajstić information content (AvgIpc) is 3.49. The van der Waals surface area contributed by atoms with Gasteiger partial charge in [-0.3, -0.25) is 34.2 Å². The zero-order chi connectivity index (χ0) is 22.4. The van der Waals surface area contributed by atoms with Crippen LogP contribution in [-0.4, -0.2) is 51.3 Å². The molecule has 3 heterocycles. The van der Waals surface area contributed by atoms with E-state index in [1.165, 1.54) is 24.3 Å². The fourth-order valence-electron chi connectivity index (χ4n) is 6.21. The molecule has 1 aliphatic carbocycles. The molecule has 0 bridgehead atoms. The number of nitro groups is 1. The number of anilines is 1. The number of rotatable bonds is 2. The number of Topliss-reactive ketones (excluding diaryl/α,β-unsaturated/α-hetero) is 2. The van der Waals surface area contributed by atoms with E-state index in [0.717, 1.165) is 11.3 Å². The Kier molecular flexibility index (Phi) is 3.66. The third-order valence-electron chi connectivity index (χ3n) is 7.40. The number of carbonyl (C=O) groups excluding carboxylic acids is 4. The Labute approximate surface area is 181 Å². The second-order valence-electron chi connectivity index (χ2n) is 8.66. The Balaban J connectivity index is 1.50. The molecular formula is C23H17N3O6. The summed E-state index contributed by atoms with van der Waals surface area (Å²) in [5, 5.41) is 11.0. The topological polar surface area (TPSA) is 118 Å². The first-order valence-corrected chi connectivity index (χ1v) is 10.5. The van der Waals surface area contributed by atoms with Crippen LogP contribution in [0.3, 0.4) is 0 Å². The number of hydrogen-bond donors (Lipinski definition) is 0. The van der Waals surface area contributed by atoms with Gasteiger partial charge in [-0.05, 0) is 31.5 Å². The smallest absolute Gasteiger partial charge is 0.269 e. The zero-order valence-electron chi connectivity index (χ0n) is 16.8. The highest BCUT2D eigenvalue weighted by atomic mass is 16.6. The fraction of sp³-hybridized carbons (Fsp3) is 0.304. The van der Waals surface area contributed by atoms with E-state index in [4.69, 9.17) is 0 Å². The quantitative estimate of drug-likeness (QED) is 0.309. The number of amides is 2. The van der Waals surface area contributed by atoms with Crippen LogP contribution in [0.2, 0.25) is 0 Å². The van der Waals surface area contributed by atoms with Gasteiger partial charge in [0.15, 0.2) is 17.1 Å². The molecule has 2 amide bonds. The average molecular weight is 431 g/mol.